The molecule has 8 heteroatoms. The van der Waals surface area contributed by atoms with E-state index >= 15 is 0 Å². The second kappa shape index (κ2) is 10.2. The first-order chi connectivity index (χ1) is 17.6. The van der Waals surface area contributed by atoms with Gasteiger partial charge < -0.3 is 20.0 Å². The number of unbranched alkanes of at least 4 members (excludes halogenated alkanes) is 1. The minimum atomic E-state index is -1.96. The fourth-order valence-corrected chi connectivity index (χ4v) is 4.19. The second-order valence-corrected chi connectivity index (χ2v) is 8.20. The number of aromatic nitrogens is 1. The zero-order chi connectivity index (χ0) is 26.4. The van der Waals surface area contributed by atoms with E-state index in [2.05, 4.69) is 11.1 Å². The summed E-state index contributed by atoms with van der Waals surface area (Å²) in [7, 11) is 0. The van der Waals surface area contributed by atoms with Crippen LogP contribution in [0.15, 0.2) is 53.1 Å². The number of primary amides is 1. The van der Waals surface area contributed by atoms with E-state index in [0.29, 0.717) is 28.8 Å². The van der Waals surface area contributed by atoms with Crippen molar-refractivity contribution in [3.8, 4) is 6.07 Å². The van der Waals surface area contributed by atoms with E-state index in [4.69, 9.17) is 15.6 Å². The van der Waals surface area contributed by atoms with Gasteiger partial charge in [0.25, 0.3) is 5.91 Å². The second-order valence-electron chi connectivity index (χ2n) is 8.20. The summed E-state index contributed by atoms with van der Waals surface area (Å²) in [5.74, 6) is -0.699. The first-order valence-electron chi connectivity index (χ1n) is 12.9. The molecular weight excluding hydrogens is 450 g/mol. The van der Waals surface area contributed by atoms with Crippen molar-refractivity contribution in [1.29, 1.82) is 5.26 Å². The van der Waals surface area contributed by atoms with Crippen LogP contribution in [0.2, 0.25) is 0 Å². The molecule has 2 aromatic heterocycles. The number of hydrogen-bond acceptors (Lipinski definition) is 5. The molecule has 4 aromatic rings. The highest BCUT2D eigenvalue weighted by atomic mass is 35.5. The number of piperazine rings is 1. The molecule has 1 aliphatic heterocycles. The molecule has 0 bridgehead atoms. The molecule has 0 saturated carbocycles. The smallest absolute Gasteiger partial charge is 0.284 e. The molecule has 3 heterocycles. The predicted octanol–water partition coefficient (Wildman–Crippen LogP) is 4.45. The van der Waals surface area contributed by atoms with E-state index in [-0.39, 0.29) is 31.3 Å². The molecule has 176 valence electrons. The fraction of sp³-hybridized carbons (Fsp3) is 0.308. The fourth-order valence-electron chi connectivity index (χ4n) is 4.19. The molecular formula is C26H28ClN5O2. The Bertz CT molecular complexity index is 1510. The van der Waals surface area contributed by atoms with E-state index in [0.717, 1.165) is 35.7 Å². The monoisotopic (exact) mass is 481 g/mol. The number of aromatic amines is 1. The molecule has 0 atom stereocenters. The summed E-state index contributed by atoms with van der Waals surface area (Å²) in [5.41, 5.74) is 8.84. The van der Waals surface area contributed by atoms with Gasteiger partial charge in [0.15, 0.2) is 5.76 Å². The zero-order valence-electron chi connectivity index (χ0n) is 22.5. The van der Waals surface area contributed by atoms with Gasteiger partial charge in [-0.15, -0.1) is 12.4 Å². The van der Waals surface area contributed by atoms with Gasteiger partial charge in [-0.05, 0) is 73.8 Å². The number of nitrogens with two attached hydrogens (primary N) is 1. The van der Waals surface area contributed by atoms with Crippen molar-refractivity contribution in [3.63, 3.8) is 0 Å². The summed E-state index contributed by atoms with van der Waals surface area (Å²) in [6.45, 7) is -3.24. The maximum Gasteiger partial charge on any atom is 0.284 e. The first-order valence-corrected chi connectivity index (χ1v) is 10.9. The highest BCUT2D eigenvalue weighted by Crippen LogP contribution is 2.26. The van der Waals surface area contributed by atoms with Crippen LogP contribution < -0.4 is 10.6 Å². The molecule has 1 saturated heterocycles. The van der Waals surface area contributed by atoms with Crippen LogP contribution in [0.3, 0.4) is 0 Å². The van der Waals surface area contributed by atoms with Crippen LogP contribution in [0.1, 0.15) is 40.0 Å². The molecule has 3 N–H and O–H groups in total. The van der Waals surface area contributed by atoms with Crippen molar-refractivity contribution >= 4 is 45.9 Å². The van der Waals surface area contributed by atoms with Crippen LogP contribution in [-0.4, -0.2) is 48.4 Å². The number of carbonyl (C=O) groups excluding carboxylic acids is 1. The van der Waals surface area contributed by atoms with Crippen LogP contribution in [0.4, 0.5) is 5.69 Å². The van der Waals surface area contributed by atoms with Gasteiger partial charge in [0.1, 0.15) is 5.58 Å². The van der Waals surface area contributed by atoms with Gasteiger partial charge in [-0.3, -0.25) is 9.69 Å². The first kappa shape index (κ1) is 18.9. The highest BCUT2D eigenvalue weighted by Gasteiger charge is 2.18. The molecule has 7 nitrogen and oxygen atoms in total. The number of amides is 1. The summed E-state index contributed by atoms with van der Waals surface area (Å²) in [6.07, 6.45) is 4.42. The Morgan fingerprint density at radius 1 is 1.18 bits per heavy atom. The van der Waals surface area contributed by atoms with Crippen molar-refractivity contribution in [2.45, 2.75) is 19.3 Å². The maximum absolute atomic E-state index is 11.4. The lowest BCUT2D eigenvalue weighted by molar-refractivity contribution is 0.0976. The van der Waals surface area contributed by atoms with Crippen molar-refractivity contribution in [2.24, 2.45) is 5.73 Å². The molecule has 5 rings (SSSR count). The van der Waals surface area contributed by atoms with E-state index in [1.807, 2.05) is 23.2 Å². The van der Waals surface area contributed by atoms with Crippen LogP contribution in [0, 0.1) is 11.3 Å². The average Bonchev–Trinajstić information content (AvgIpc) is 3.44. The van der Waals surface area contributed by atoms with Gasteiger partial charge in [-0.1, -0.05) is 0 Å². The normalized spacial score (nSPS) is 19.0. The Hall–Kier alpha value is -3.47. The molecule has 34 heavy (non-hydrogen) atoms. The zero-order valence-corrected chi connectivity index (χ0v) is 19.3. The number of nitrogens with one attached hydrogen (secondary N) is 1. The Balaban J connectivity index is 0.00000336. The molecule has 0 aliphatic carbocycles. The third-order valence-electron chi connectivity index (χ3n) is 5.97. The van der Waals surface area contributed by atoms with Crippen molar-refractivity contribution in [1.82, 2.24) is 9.88 Å². The largest absolute Gasteiger partial charge is 0.451 e. The number of nitrogens with zero attached hydrogens (tertiary/aromatic N) is 3. The third-order valence-corrected chi connectivity index (χ3v) is 5.97. The average molecular weight is 482 g/mol. The lowest BCUT2D eigenvalue weighted by Crippen LogP contribution is -2.46. The van der Waals surface area contributed by atoms with Crippen LogP contribution in [0.5, 0.6) is 0 Å². The highest BCUT2D eigenvalue weighted by molar-refractivity contribution is 5.95. The predicted molar refractivity (Wildman–Crippen MR) is 137 cm³/mol. The number of carbonyl (C=O) groups is 1. The van der Waals surface area contributed by atoms with Crippen molar-refractivity contribution in [2.75, 3.05) is 37.5 Å². The van der Waals surface area contributed by atoms with Crippen molar-refractivity contribution < 1.29 is 14.7 Å². The summed E-state index contributed by atoms with van der Waals surface area (Å²) in [6, 6.07) is 14.1. The maximum atomic E-state index is 11.4. The Labute approximate surface area is 210 Å². The summed E-state index contributed by atoms with van der Waals surface area (Å²) in [5, 5.41) is 10.8. The standard InChI is InChI=1S/C26H27N5O2.ClH/c27-16-18-4-6-23-22(13-18)19(17-29-23)3-1-2-8-30-9-11-31(12-10-30)21-5-7-24-20(14-21)15-25(33-24)26(28)32;/h4-7,13-15,17,29H,1-3,8-12H2,(H2,28,32);1H/i11D2,12D2;. The lowest BCUT2D eigenvalue weighted by Gasteiger charge is -2.36. The number of hydrogen-bond donors (Lipinski definition) is 2. The molecule has 2 aromatic carbocycles. The number of H-pyrrole nitrogens is 1. The van der Waals surface area contributed by atoms with Crippen LogP contribution >= 0.6 is 12.4 Å². The number of anilines is 1. The number of furan rings is 1. The number of fused-ring (bicyclic) bond motifs is 2. The number of nitriles is 1. The number of benzene rings is 2. The van der Waals surface area contributed by atoms with Gasteiger partial charge in [0, 0.05) is 54.3 Å². The Morgan fingerprint density at radius 3 is 2.76 bits per heavy atom. The molecule has 0 unspecified atom stereocenters. The molecule has 1 amide bonds. The van der Waals surface area contributed by atoms with Crippen molar-refractivity contribution in [3.05, 3.63) is 65.5 Å². The van der Waals surface area contributed by atoms with Gasteiger partial charge in [-0.25, -0.2) is 0 Å². The SMILES string of the molecule is Cl.[2H]C1([2H])CN(CCCCc2c[nH]c3ccc(C#N)cc23)CC([2H])([2H])N1c1ccc2oc(C(N)=O)cc2c1. The molecule has 1 aliphatic rings. The quantitative estimate of drug-likeness (QED) is 0.379. The number of rotatable bonds is 7. The summed E-state index contributed by atoms with van der Waals surface area (Å²) >= 11 is 0. The topological polar surface area (TPSA) is 102 Å². The summed E-state index contributed by atoms with van der Waals surface area (Å²) < 4.78 is 40.2. The Morgan fingerprint density at radius 2 is 2.00 bits per heavy atom. The van der Waals surface area contributed by atoms with E-state index in [1.54, 1.807) is 24.3 Å². The summed E-state index contributed by atoms with van der Waals surface area (Å²) in [4.78, 5) is 17.7. The molecule has 0 spiro atoms. The Kier molecular flexibility index (Phi) is 5.67. The van der Waals surface area contributed by atoms with E-state index in [9.17, 15) is 10.1 Å². The van der Waals surface area contributed by atoms with Gasteiger partial charge in [0.2, 0.25) is 0 Å². The van der Waals surface area contributed by atoms with Gasteiger partial charge >= 0.3 is 0 Å². The number of aryl methyl sites for hydroxylation is 1. The lowest BCUT2D eigenvalue weighted by atomic mass is 10.1. The molecule has 0 radical (unpaired) electrons. The van der Waals surface area contributed by atoms with Gasteiger partial charge in [0.05, 0.1) is 17.1 Å². The van der Waals surface area contributed by atoms with Crippen LogP contribution in [-0.2, 0) is 6.42 Å². The van der Waals surface area contributed by atoms with Gasteiger partial charge in [-0.2, -0.15) is 5.26 Å². The third kappa shape index (κ3) is 4.89. The van der Waals surface area contributed by atoms with Crippen LogP contribution in [0.25, 0.3) is 21.9 Å². The number of halogens is 1. The minimum absolute atomic E-state index is 0. The molecule has 1 fully saturated rings. The minimum Gasteiger partial charge on any atom is -0.451 e. The van der Waals surface area contributed by atoms with E-state index < -0.39 is 18.9 Å². The van der Waals surface area contributed by atoms with E-state index in [1.165, 1.54) is 11.0 Å².